The molecule has 174 valence electrons. The average molecular weight is 493 g/mol. The summed E-state index contributed by atoms with van der Waals surface area (Å²) in [5, 5.41) is 3.16. The van der Waals surface area contributed by atoms with E-state index in [4.69, 9.17) is 0 Å². The van der Waals surface area contributed by atoms with Crippen LogP contribution in [0.4, 0.5) is 26.3 Å². The molecule has 0 saturated carbocycles. The molecule has 0 bridgehead atoms. The van der Waals surface area contributed by atoms with E-state index < -0.39 is 24.5 Å². The molecule has 1 fully saturated rings. The molecule has 4 nitrogen and oxygen atoms in total. The molecule has 0 amide bonds. The largest absolute Gasteiger partial charge is 0.573 e. The van der Waals surface area contributed by atoms with Crippen LogP contribution >= 0.6 is 24.8 Å². The molecule has 2 aromatic carbocycles. The van der Waals surface area contributed by atoms with E-state index in [1.807, 2.05) is 4.90 Å². The minimum Gasteiger partial charge on any atom is -0.406 e. The van der Waals surface area contributed by atoms with Crippen LogP contribution in [0, 0.1) is 0 Å². The molecule has 1 heterocycles. The molecule has 0 unspecified atom stereocenters. The van der Waals surface area contributed by atoms with Crippen molar-refractivity contribution in [3.8, 4) is 11.5 Å². The number of halogens is 8. The van der Waals surface area contributed by atoms with Crippen LogP contribution in [0.2, 0.25) is 0 Å². The van der Waals surface area contributed by atoms with E-state index in [1.54, 1.807) is 6.07 Å². The maximum Gasteiger partial charge on any atom is 0.573 e. The summed E-state index contributed by atoms with van der Waals surface area (Å²) in [6.07, 6.45) is -9.69. The van der Waals surface area contributed by atoms with Gasteiger partial charge in [-0.1, -0.05) is 30.3 Å². The van der Waals surface area contributed by atoms with E-state index in [2.05, 4.69) is 14.8 Å². The number of para-hydroxylation sites is 1. The lowest BCUT2D eigenvalue weighted by atomic mass is 9.95. The standard InChI is InChI=1S/C19H18F6N2O2.2ClH/c20-18(21,22)28-14-7-5-13(6-8-14)17(27-11-9-26-10-12-27)15-3-1-2-4-16(15)29-19(23,24)25;;/h1-8,17,26H,9-12H2;2*1H/t17-;;/m1../s1. The number of benzene rings is 2. The number of ether oxygens (including phenoxy) is 2. The van der Waals surface area contributed by atoms with Gasteiger partial charge in [0.1, 0.15) is 11.5 Å². The van der Waals surface area contributed by atoms with E-state index in [9.17, 15) is 26.3 Å². The minimum atomic E-state index is -4.87. The first-order chi connectivity index (χ1) is 13.6. The molecule has 1 N–H and O–H groups in total. The van der Waals surface area contributed by atoms with Gasteiger partial charge in [0, 0.05) is 31.7 Å². The minimum absolute atomic E-state index is 0. The number of hydrogen-bond donors (Lipinski definition) is 1. The lowest BCUT2D eigenvalue weighted by Gasteiger charge is -2.36. The van der Waals surface area contributed by atoms with Gasteiger partial charge in [0.05, 0.1) is 6.04 Å². The van der Waals surface area contributed by atoms with Gasteiger partial charge in [0.15, 0.2) is 0 Å². The van der Waals surface area contributed by atoms with Crippen molar-refractivity contribution in [1.82, 2.24) is 10.2 Å². The van der Waals surface area contributed by atoms with Gasteiger partial charge in [-0.15, -0.1) is 51.2 Å². The van der Waals surface area contributed by atoms with Crippen molar-refractivity contribution in [3.63, 3.8) is 0 Å². The van der Waals surface area contributed by atoms with E-state index in [1.165, 1.54) is 30.3 Å². The van der Waals surface area contributed by atoms with Crippen molar-refractivity contribution in [2.45, 2.75) is 18.8 Å². The Morgan fingerprint density at radius 1 is 0.774 bits per heavy atom. The van der Waals surface area contributed by atoms with Crippen LogP contribution in [0.15, 0.2) is 48.5 Å². The summed E-state index contributed by atoms with van der Waals surface area (Å²) < 4.78 is 83.9. The average Bonchev–Trinajstić information content (AvgIpc) is 2.63. The number of alkyl halides is 6. The molecule has 1 aliphatic rings. The molecule has 31 heavy (non-hydrogen) atoms. The predicted molar refractivity (Wildman–Crippen MR) is 107 cm³/mol. The zero-order valence-electron chi connectivity index (χ0n) is 15.9. The van der Waals surface area contributed by atoms with Gasteiger partial charge in [-0.05, 0) is 23.8 Å². The third kappa shape index (κ3) is 7.95. The lowest BCUT2D eigenvalue weighted by molar-refractivity contribution is -0.275. The predicted octanol–water partition coefficient (Wildman–Crippen LogP) is 5.32. The first-order valence-electron chi connectivity index (χ1n) is 8.77. The summed E-state index contributed by atoms with van der Waals surface area (Å²) >= 11 is 0. The highest BCUT2D eigenvalue weighted by molar-refractivity contribution is 5.85. The van der Waals surface area contributed by atoms with Gasteiger partial charge in [0.25, 0.3) is 0 Å². The van der Waals surface area contributed by atoms with Gasteiger partial charge < -0.3 is 14.8 Å². The summed E-state index contributed by atoms with van der Waals surface area (Å²) in [6, 6.07) is 10.3. The first-order valence-corrected chi connectivity index (χ1v) is 8.77. The zero-order valence-corrected chi connectivity index (χ0v) is 17.5. The summed E-state index contributed by atoms with van der Waals surface area (Å²) in [7, 11) is 0. The van der Waals surface area contributed by atoms with Gasteiger partial charge in [0.2, 0.25) is 0 Å². The second kappa shape index (κ2) is 11.1. The van der Waals surface area contributed by atoms with Gasteiger partial charge in [-0.2, -0.15) is 0 Å². The van der Waals surface area contributed by atoms with Gasteiger partial charge >= 0.3 is 12.7 Å². The van der Waals surface area contributed by atoms with Crippen molar-refractivity contribution < 1.29 is 35.8 Å². The molecular weight excluding hydrogens is 473 g/mol. The van der Waals surface area contributed by atoms with Gasteiger partial charge in [-0.3, -0.25) is 4.90 Å². The van der Waals surface area contributed by atoms with Crippen LogP contribution in [0.1, 0.15) is 17.2 Å². The molecule has 1 atom stereocenters. The SMILES string of the molecule is Cl.Cl.FC(F)(F)Oc1ccc([C@H](c2ccccc2OC(F)(F)F)N2CCNCC2)cc1. The van der Waals surface area contributed by atoms with Crippen LogP contribution in [-0.2, 0) is 0 Å². The summed E-state index contributed by atoms with van der Waals surface area (Å²) in [4.78, 5) is 1.95. The number of nitrogens with zero attached hydrogens (tertiary/aromatic N) is 1. The molecular formula is C19H20Cl2F6N2O2. The molecule has 12 heteroatoms. The summed E-state index contributed by atoms with van der Waals surface area (Å²) in [5.74, 6) is -0.751. The van der Waals surface area contributed by atoms with E-state index in [0.717, 1.165) is 12.1 Å². The maximum atomic E-state index is 12.9. The number of hydrogen-bond acceptors (Lipinski definition) is 4. The Morgan fingerprint density at radius 2 is 1.32 bits per heavy atom. The van der Waals surface area contributed by atoms with Crippen molar-refractivity contribution in [1.29, 1.82) is 0 Å². The fraction of sp³-hybridized carbons (Fsp3) is 0.368. The maximum absolute atomic E-state index is 12.9. The molecule has 1 saturated heterocycles. The van der Waals surface area contributed by atoms with E-state index in [-0.39, 0.29) is 36.1 Å². The molecule has 0 radical (unpaired) electrons. The number of piperazine rings is 1. The van der Waals surface area contributed by atoms with Crippen molar-refractivity contribution in [2.75, 3.05) is 26.2 Å². The Balaban J connectivity index is 0.00000240. The third-order valence-corrected chi connectivity index (χ3v) is 4.39. The second-order valence-corrected chi connectivity index (χ2v) is 6.39. The van der Waals surface area contributed by atoms with Crippen molar-refractivity contribution in [2.24, 2.45) is 0 Å². The highest BCUT2D eigenvalue weighted by atomic mass is 35.5. The van der Waals surface area contributed by atoms with Crippen LogP contribution in [-0.4, -0.2) is 43.8 Å². The monoisotopic (exact) mass is 492 g/mol. The second-order valence-electron chi connectivity index (χ2n) is 6.39. The summed E-state index contributed by atoms with van der Waals surface area (Å²) in [6.45, 7) is 2.36. The molecule has 0 spiro atoms. The fourth-order valence-electron chi connectivity index (χ4n) is 3.30. The van der Waals surface area contributed by atoms with Crippen LogP contribution in [0.3, 0.4) is 0 Å². The fourth-order valence-corrected chi connectivity index (χ4v) is 3.30. The number of rotatable bonds is 5. The third-order valence-electron chi connectivity index (χ3n) is 4.39. The van der Waals surface area contributed by atoms with Crippen LogP contribution in [0.5, 0.6) is 11.5 Å². The normalized spacial score (nSPS) is 15.9. The van der Waals surface area contributed by atoms with Crippen LogP contribution < -0.4 is 14.8 Å². The Hall–Kier alpha value is -1.88. The van der Waals surface area contributed by atoms with Gasteiger partial charge in [-0.25, -0.2) is 0 Å². The highest BCUT2D eigenvalue weighted by Gasteiger charge is 2.35. The summed E-state index contributed by atoms with van der Waals surface area (Å²) in [5.41, 5.74) is 0.802. The van der Waals surface area contributed by atoms with Crippen molar-refractivity contribution >= 4 is 24.8 Å². The molecule has 0 aromatic heterocycles. The first kappa shape index (κ1) is 27.2. The Morgan fingerprint density at radius 3 is 1.87 bits per heavy atom. The molecule has 3 rings (SSSR count). The quantitative estimate of drug-likeness (QED) is 0.572. The smallest absolute Gasteiger partial charge is 0.406 e. The Labute approximate surface area is 187 Å². The Bertz CT molecular complexity index is 812. The zero-order chi connectivity index (χ0) is 21.1. The molecule has 0 aliphatic carbocycles. The Kier molecular flexibility index (Phi) is 9.74. The van der Waals surface area contributed by atoms with Crippen LogP contribution in [0.25, 0.3) is 0 Å². The topological polar surface area (TPSA) is 33.7 Å². The molecule has 2 aromatic rings. The van der Waals surface area contributed by atoms with E-state index >= 15 is 0 Å². The number of nitrogens with one attached hydrogen (secondary N) is 1. The van der Waals surface area contributed by atoms with Crippen molar-refractivity contribution in [3.05, 3.63) is 59.7 Å². The van der Waals surface area contributed by atoms with E-state index in [0.29, 0.717) is 31.7 Å². The molecule has 1 aliphatic heterocycles. The highest BCUT2D eigenvalue weighted by Crippen LogP contribution is 2.38. The lowest BCUT2D eigenvalue weighted by Crippen LogP contribution is -2.45.